The molecule has 0 aromatic heterocycles. The molecule has 1 aromatic carbocycles. The Hall–Kier alpha value is -2.14. The van der Waals surface area contributed by atoms with E-state index in [9.17, 15) is 14.7 Å². The van der Waals surface area contributed by atoms with E-state index in [0.717, 1.165) is 18.4 Å². The molecule has 0 spiro atoms. The first-order valence-electron chi connectivity index (χ1n) is 9.53. The summed E-state index contributed by atoms with van der Waals surface area (Å²) in [7, 11) is 1.36. The SMILES string of the molecule is COC(=O)c1ccc(CCN2C(=O)CC[C@@H]2/C=C/[C@@H](O)CC(C)(C)C)cc1. The lowest BCUT2D eigenvalue weighted by molar-refractivity contribution is -0.128. The number of hydrogen-bond donors (Lipinski definition) is 1. The van der Waals surface area contributed by atoms with Crippen LogP contribution >= 0.6 is 0 Å². The summed E-state index contributed by atoms with van der Waals surface area (Å²) >= 11 is 0. The average Bonchev–Trinajstić information content (AvgIpc) is 2.96. The van der Waals surface area contributed by atoms with Crippen molar-refractivity contribution in [2.45, 2.75) is 58.6 Å². The molecular formula is C22H31NO4. The van der Waals surface area contributed by atoms with Gasteiger partial charge in [-0.3, -0.25) is 4.79 Å². The number of aliphatic hydroxyl groups is 1. The predicted octanol–water partition coefficient (Wildman–Crippen LogP) is 3.36. The van der Waals surface area contributed by atoms with Crippen molar-refractivity contribution < 1.29 is 19.4 Å². The maximum atomic E-state index is 12.2. The van der Waals surface area contributed by atoms with Crippen molar-refractivity contribution in [3.63, 3.8) is 0 Å². The van der Waals surface area contributed by atoms with Crippen LogP contribution in [0.2, 0.25) is 0 Å². The molecule has 1 N–H and O–H groups in total. The summed E-state index contributed by atoms with van der Waals surface area (Å²) in [5.74, 6) is -0.198. The van der Waals surface area contributed by atoms with Crippen molar-refractivity contribution in [3.8, 4) is 0 Å². The molecule has 1 aromatic rings. The van der Waals surface area contributed by atoms with E-state index in [0.29, 0.717) is 24.9 Å². The molecule has 2 atom stereocenters. The molecule has 5 nitrogen and oxygen atoms in total. The Morgan fingerprint density at radius 1 is 1.33 bits per heavy atom. The van der Waals surface area contributed by atoms with Crippen LogP contribution in [0.3, 0.4) is 0 Å². The van der Waals surface area contributed by atoms with Gasteiger partial charge in [0.15, 0.2) is 0 Å². The van der Waals surface area contributed by atoms with Crippen molar-refractivity contribution >= 4 is 11.9 Å². The van der Waals surface area contributed by atoms with Crippen LogP contribution in [0.4, 0.5) is 0 Å². The van der Waals surface area contributed by atoms with Crippen LogP contribution < -0.4 is 0 Å². The molecule has 0 aliphatic carbocycles. The van der Waals surface area contributed by atoms with Crippen LogP contribution in [0.25, 0.3) is 0 Å². The number of carbonyl (C=O) groups is 2. The first kappa shape index (κ1) is 21.2. The molecule has 0 saturated carbocycles. The highest BCUT2D eigenvalue weighted by molar-refractivity contribution is 5.89. The Morgan fingerprint density at radius 3 is 2.59 bits per heavy atom. The highest BCUT2D eigenvalue weighted by Crippen LogP contribution is 2.24. The van der Waals surface area contributed by atoms with E-state index in [4.69, 9.17) is 4.74 Å². The first-order valence-corrected chi connectivity index (χ1v) is 9.53. The van der Waals surface area contributed by atoms with Crippen LogP contribution in [-0.4, -0.2) is 47.7 Å². The van der Waals surface area contributed by atoms with Gasteiger partial charge in [-0.15, -0.1) is 0 Å². The normalized spacial score (nSPS) is 18.9. The lowest BCUT2D eigenvalue weighted by atomic mass is 9.89. The van der Waals surface area contributed by atoms with Gasteiger partial charge in [-0.1, -0.05) is 45.1 Å². The Balaban J connectivity index is 1.93. The molecule has 148 valence electrons. The predicted molar refractivity (Wildman–Crippen MR) is 105 cm³/mol. The maximum Gasteiger partial charge on any atom is 0.337 e. The number of nitrogens with zero attached hydrogens (tertiary/aromatic N) is 1. The fourth-order valence-electron chi connectivity index (χ4n) is 3.37. The number of aliphatic hydroxyl groups excluding tert-OH is 1. The minimum absolute atomic E-state index is 0.0430. The topological polar surface area (TPSA) is 66.8 Å². The Morgan fingerprint density at radius 2 is 2.00 bits per heavy atom. The number of likely N-dealkylation sites (tertiary alicyclic amines) is 1. The van der Waals surface area contributed by atoms with E-state index in [1.807, 2.05) is 29.2 Å². The zero-order valence-corrected chi connectivity index (χ0v) is 16.8. The molecule has 1 amide bonds. The minimum atomic E-state index is -0.492. The van der Waals surface area contributed by atoms with E-state index in [2.05, 4.69) is 20.8 Å². The molecule has 2 rings (SSSR count). The van der Waals surface area contributed by atoms with Crippen molar-refractivity contribution in [3.05, 3.63) is 47.5 Å². The fraction of sp³-hybridized carbons (Fsp3) is 0.545. The molecule has 27 heavy (non-hydrogen) atoms. The van der Waals surface area contributed by atoms with Crippen LogP contribution in [-0.2, 0) is 16.0 Å². The summed E-state index contributed by atoms with van der Waals surface area (Å²) in [5.41, 5.74) is 1.65. The van der Waals surface area contributed by atoms with Crippen molar-refractivity contribution in [1.29, 1.82) is 0 Å². The van der Waals surface area contributed by atoms with E-state index in [1.54, 1.807) is 12.1 Å². The second kappa shape index (κ2) is 9.18. The Labute approximate surface area is 162 Å². The van der Waals surface area contributed by atoms with Gasteiger partial charge >= 0.3 is 5.97 Å². The summed E-state index contributed by atoms with van der Waals surface area (Å²) in [5, 5.41) is 10.2. The third-order valence-electron chi connectivity index (χ3n) is 4.77. The van der Waals surface area contributed by atoms with Crippen molar-refractivity contribution in [2.75, 3.05) is 13.7 Å². The highest BCUT2D eigenvalue weighted by atomic mass is 16.5. The third kappa shape index (κ3) is 6.51. The Bertz CT molecular complexity index is 673. The summed E-state index contributed by atoms with van der Waals surface area (Å²) in [6, 6.07) is 7.32. The summed E-state index contributed by atoms with van der Waals surface area (Å²) in [4.78, 5) is 25.6. The molecule has 1 aliphatic rings. The molecule has 0 unspecified atom stereocenters. The fourth-order valence-corrected chi connectivity index (χ4v) is 3.37. The zero-order valence-electron chi connectivity index (χ0n) is 16.8. The quantitative estimate of drug-likeness (QED) is 0.588. The number of carbonyl (C=O) groups excluding carboxylic acids is 2. The first-order chi connectivity index (χ1) is 12.7. The zero-order chi connectivity index (χ0) is 20.0. The minimum Gasteiger partial charge on any atom is -0.465 e. The van der Waals surface area contributed by atoms with Crippen molar-refractivity contribution in [1.82, 2.24) is 4.90 Å². The second-order valence-electron chi connectivity index (χ2n) is 8.35. The molecular weight excluding hydrogens is 342 g/mol. The number of amides is 1. The van der Waals surface area contributed by atoms with Gasteiger partial charge in [-0.05, 0) is 42.4 Å². The molecule has 1 aliphatic heterocycles. The van der Waals surface area contributed by atoms with Crippen LogP contribution in [0.15, 0.2) is 36.4 Å². The second-order valence-corrected chi connectivity index (χ2v) is 8.35. The number of hydrogen-bond acceptors (Lipinski definition) is 4. The Kier molecular flexibility index (Phi) is 7.19. The van der Waals surface area contributed by atoms with E-state index < -0.39 is 6.10 Å². The number of methoxy groups -OCH3 is 1. The maximum absolute atomic E-state index is 12.2. The molecule has 0 radical (unpaired) electrons. The molecule has 1 saturated heterocycles. The standard InChI is InChI=1S/C22H31NO4/c1-22(2,3)15-19(24)11-9-18-10-12-20(25)23(18)14-13-16-5-7-17(8-6-16)21(26)27-4/h5-9,11,18-19,24H,10,12-15H2,1-4H3/b11-9+/t18-,19+/m0/s1. The van der Waals surface area contributed by atoms with Gasteiger partial charge in [0.05, 0.1) is 24.8 Å². The van der Waals surface area contributed by atoms with E-state index in [-0.39, 0.29) is 23.3 Å². The van der Waals surface area contributed by atoms with Crippen LogP contribution in [0.1, 0.15) is 56.0 Å². The van der Waals surface area contributed by atoms with E-state index >= 15 is 0 Å². The average molecular weight is 373 g/mol. The van der Waals surface area contributed by atoms with Gasteiger partial charge in [0.1, 0.15) is 0 Å². The van der Waals surface area contributed by atoms with Gasteiger partial charge in [-0.25, -0.2) is 4.79 Å². The number of rotatable bonds is 7. The molecule has 1 fully saturated rings. The largest absolute Gasteiger partial charge is 0.465 e. The number of benzene rings is 1. The molecule has 0 bridgehead atoms. The smallest absolute Gasteiger partial charge is 0.337 e. The van der Waals surface area contributed by atoms with Crippen molar-refractivity contribution in [2.24, 2.45) is 5.41 Å². The molecule has 1 heterocycles. The van der Waals surface area contributed by atoms with Gasteiger partial charge < -0.3 is 14.7 Å². The monoisotopic (exact) mass is 373 g/mol. The van der Waals surface area contributed by atoms with Gasteiger partial charge in [0.2, 0.25) is 5.91 Å². The number of ether oxygens (including phenoxy) is 1. The summed E-state index contributed by atoms with van der Waals surface area (Å²) in [6.07, 6.45) is 6.06. The van der Waals surface area contributed by atoms with Gasteiger partial charge in [0.25, 0.3) is 0 Å². The summed E-state index contributed by atoms with van der Waals surface area (Å²) < 4.78 is 4.70. The van der Waals surface area contributed by atoms with Gasteiger partial charge in [-0.2, -0.15) is 0 Å². The number of esters is 1. The lowest BCUT2D eigenvalue weighted by Gasteiger charge is -2.24. The third-order valence-corrected chi connectivity index (χ3v) is 4.77. The summed E-state index contributed by atoms with van der Waals surface area (Å²) in [6.45, 7) is 6.92. The lowest BCUT2D eigenvalue weighted by Crippen LogP contribution is -2.33. The van der Waals surface area contributed by atoms with E-state index in [1.165, 1.54) is 7.11 Å². The van der Waals surface area contributed by atoms with Crippen LogP contribution in [0, 0.1) is 5.41 Å². The van der Waals surface area contributed by atoms with Gasteiger partial charge in [0, 0.05) is 13.0 Å². The molecule has 5 heteroatoms. The highest BCUT2D eigenvalue weighted by Gasteiger charge is 2.28. The van der Waals surface area contributed by atoms with Crippen LogP contribution in [0.5, 0.6) is 0 Å².